The number of allylic oxidation sites excluding steroid dienone is 1. The number of ether oxygens (including phenoxy) is 1. The van der Waals surface area contributed by atoms with Crippen molar-refractivity contribution in [3.8, 4) is 5.75 Å². The largest absolute Gasteiger partial charge is 0.462 e. The molecule has 182 valence electrons. The molecule has 0 unspecified atom stereocenters. The number of amides is 1. The molecule has 2 aromatic carbocycles. The number of aryl methyl sites for hydroxylation is 1. The second-order valence-electron chi connectivity index (χ2n) is 9.42. The molecule has 1 aromatic heterocycles. The van der Waals surface area contributed by atoms with Crippen LogP contribution in [0.1, 0.15) is 53.2 Å². The van der Waals surface area contributed by atoms with Crippen LogP contribution < -0.4 is 4.74 Å². The van der Waals surface area contributed by atoms with Crippen LogP contribution in [-0.2, 0) is 0 Å². The Labute approximate surface area is 211 Å². The van der Waals surface area contributed by atoms with Crippen LogP contribution in [0.4, 0.5) is 0 Å². The number of para-hydroxylation sites is 1. The van der Waals surface area contributed by atoms with Gasteiger partial charge in [0, 0.05) is 17.8 Å². The quantitative estimate of drug-likeness (QED) is 0.322. The Morgan fingerprint density at radius 1 is 1.06 bits per heavy atom. The molecular weight excluding hydrogens is 460 g/mol. The molecule has 1 fully saturated rings. The van der Waals surface area contributed by atoms with Gasteiger partial charge in [0.2, 0.25) is 0 Å². The number of carbonyl (C=O) groups excluding carboxylic acids is 1. The summed E-state index contributed by atoms with van der Waals surface area (Å²) in [5, 5.41) is 1.18. The average Bonchev–Trinajstić information content (AvgIpc) is 3.02. The molecule has 6 nitrogen and oxygen atoms in total. The van der Waals surface area contributed by atoms with Crippen molar-refractivity contribution in [3.63, 3.8) is 0 Å². The third kappa shape index (κ3) is 5.19. The van der Waals surface area contributed by atoms with Crippen LogP contribution in [0.15, 0.2) is 60.8 Å². The first-order valence-electron chi connectivity index (χ1n) is 12.4. The molecule has 1 amide bonds. The number of aromatic nitrogens is 2. The molecule has 5 rings (SSSR count). The summed E-state index contributed by atoms with van der Waals surface area (Å²) in [6.45, 7) is 5.79. The zero-order valence-electron chi connectivity index (χ0n) is 20.1. The molecule has 0 bridgehead atoms. The first-order chi connectivity index (χ1) is 17.1. The molecule has 2 aliphatic heterocycles. The van der Waals surface area contributed by atoms with Crippen molar-refractivity contribution in [2.75, 3.05) is 32.1 Å². The van der Waals surface area contributed by atoms with Gasteiger partial charge in [-0.3, -0.25) is 4.79 Å². The summed E-state index contributed by atoms with van der Waals surface area (Å²) in [7, 11) is 0. The van der Waals surface area contributed by atoms with Crippen molar-refractivity contribution in [1.29, 1.82) is 0 Å². The van der Waals surface area contributed by atoms with Crippen LogP contribution >= 0.6 is 11.6 Å². The van der Waals surface area contributed by atoms with Crippen LogP contribution in [0.5, 0.6) is 5.75 Å². The monoisotopic (exact) mass is 490 g/mol. The summed E-state index contributed by atoms with van der Waals surface area (Å²) >= 11 is 6.16. The molecule has 3 aromatic rings. The van der Waals surface area contributed by atoms with Crippen LogP contribution in [-0.4, -0.2) is 57.7 Å². The SMILES string of the molecule is Cc1ccc2c(c1)OC=C(CCl)N(CCCCN1CCC(c3ncnc4ccccc34)CC1)C2=O. The lowest BCUT2D eigenvalue weighted by Gasteiger charge is -2.32. The molecule has 0 radical (unpaired) electrons. The van der Waals surface area contributed by atoms with E-state index >= 15 is 0 Å². The fourth-order valence-corrected chi connectivity index (χ4v) is 5.32. The summed E-state index contributed by atoms with van der Waals surface area (Å²) < 4.78 is 5.78. The predicted octanol–water partition coefficient (Wildman–Crippen LogP) is 5.51. The zero-order valence-corrected chi connectivity index (χ0v) is 20.9. The maximum absolute atomic E-state index is 13.2. The Balaban J connectivity index is 1.13. The van der Waals surface area contributed by atoms with Crippen molar-refractivity contribution < 1.29 is 9.53 Å². The van der Waals surface area contributed by atoms with E-state index in [1.807, 2.05) is 31.2 Å². The Bertz CT molecular complexity index is 1230. The Morgan fingerprint density at radius 3 is 2.69 bits per heavy atom. The molecule has 1 saturated heterocycles. The Morgan fingerprint density at radius 2 is 1.86 bits per heavy atom. The summed E-state index contributed by atoms with van der Waals surface area (Å²) in [6, 6.07) is 14.0. The highest BCUT2D eigenvalue weighted by Crippen LogP contribution is 2.31. The van der Waals surface area contributed by atoms with E-state index in [-0.39, 0.29) is 11.8 Å². The number of carbonyl (C=O) groups is 1. The van der Waals surface area contributed by atoms with Gasteiger partial charge in [0.05, 0.1) is 28.4 Å². The van der Waals surface area contributed by atoms with Gasteiger partial charge in [0.15, 0.2) is 0 Å². The topological polar surface area (TPSA) is 58.6 Å². The van der Waals surface area contributed by atoms with E-state index in [0.29, 0.717) is 29.5 Å². The number of halogens is 1. The molecule has 0 atom stereocenters. The second kappa shape index (κ2) is 10.8. The van der Waals surface area contributed by atoms with E-state index in [4.69, 9.17) is 16.3 Å². The van der Waals surface area contributed by atoms with Gasteiger partial charge in [-0.25, -0.2) is 9.97 Å². The highest BCUT2D eigenvalue weighted by Gasteiger charge is 2.26. The van der Waals surface area contributed by atoms with E-state index in [1.165, 1.54) is 11.1 Å². The van der Waals surface area contributed by atoms with E-state index in [9.17, 15) is 4.79 Å². The number of hydrogen-bond donors (Lipinski definition) is 0. The van der Waals surface area contributed by atoms with Gasteiger partial charge in [-0.15, -0.1) is 11.6 Å². The Kier molecular flexibility index (Phi) is 7.30. The minimum Gasteiger partial charge on any atom is -0.462 e. The minimum atomic E-state index is -0.0395. The van der Waals surface area contributed by atoms with Gasteiger partial charge in [-0.1, -0.05) is 24.3 Å². The first kappa shape index (κ1) is 23.8. The third-order valence-corrected chi connectivity index (χ3v) is 7.35. The van der Waals surface area contributed by atoms with E-state index < -0.39 is 0 Å². The van der Waals surface area contributed by atoms with Gasteiger partial charge < -0.3 is 14.5 Å². The Hall–Kier alpha value is -2.96. The second-order valence-corrected chi connectivity index (χ2v) is 9.68. The number of alkyl halides is 1. The van der Waals surface area contributed by atoms with Crippen molar-refractivity contribution in [3.05, 3.63) is 77.6 Å². The van der Waals surface area contributed by atoms with Crippen LogP contribution in [0, 0.1) is 6.92 Å². The molecule has 35 heavy (non-hydrogen) atoms. The van der Waals surface area contributed by atoms with Gasteiger partial charge in [-0.05, 0) is 76.0 Å². The van der Waals surface area contributed by atoms with E-state index in [2.05, 4.69) is 33.1 Å². The van der Waals surface area contributed by atoms with Gasteiger partial charge in [-0.2, -0.15) is 0 Å². The molecule has 2 aliphatic rings. The smallest absolute Gasteiger partial charge is 0.261 e. The van der Waals surface area contributed by atoms with Crippen LogP contribution in [0.2, 0.25) is 0 Å². The number of fused-ring (bicyclic) bond motifs is 2. The van der Waals surface area contributed by atoms with Crippen molar-refractivity contribution >= 4 is 28.4 Å². The van der Waals surface area contributed by atoms with Gasteiger partial charge in [0.25, 0.3) is 5.91 Å². The fraction of sp³-hybridized carbons (Fsp3) is 0.393. The fourth-order valence-electron chi connectivity index (χ4n) is 5.11. The average molecular weight is 491 g/mol. The third-order valence-electron chi connectivity index (χ3n) is 7.07. The lowest BCUT2D eigenvalue weighted by molar-refractivity contribution is 0.0804. The summed E-state index contributed by atoms with van der Waals surface area (Å²) in [6.07, 6.45) is 7.48. The number of likely N-dealkylation sites (tertiary alicyclic amines) is 1. The van der Waals surface area contributed by atoms with Crippen molar-refractivity contribution in [2.24, 2.45) is 0 Å². The summed E-state index contributed by atoms with van der Waals surface area (Å²) in [4.78, 5) is 26.6. The molecule has 0 N–H and O–H groups in total. The van der Waals surface area contributed by atoms with Crippen molar-refractivity contribution in [2.45, 2.75) is 38.5 Å². The highest BCUT2D eigenvalue weighted by atomic mass is 35.5. The molecule has 3 heterocycles. The molecule has 7 heteroatoms. The zero-order chi connectivity index (χ0) is 24.2. The maximum Gasteiger partial charge on any atom is 0.261 e. The van der Waals surface area contributed by atoms with Gasteiger partial charge >= 0.3 is 0 Å². The number of unbranched alkanes of at least 4 members (excludes halogenated alkanes) is 1. The highest BCUT2D eigenvalue weighted by molar-refractivity contribution is 6.19. The first-order valence-corrected chi connectivity index (χ1v) is 12.9. The van der Waals surface area contributed by atoms with Crippen molar-refractivity contribution in [1.82, 2.24) is 19.8 Å². The maximum atomic E-state index is 13.2. The number of benzene rings is 2. The number of rotatable bonds is 7. The molecular formula is C28H31ClN4O2. The normalized spacial score (nSPS) is 17.1. The standard InChI is InChI=1S/C28H31ClN4O2/c1-20-8-9-24-26(16-20)35-18-22(17-29)33(28(24)34)13-5-4-12-32-14-10-21(11-15-32)27-23-6-2-3-7-25(23)30-19-31-27/h2-3,6-9,16,18-19,21H,4-5,10-15,17H2,1H3. The summed E-state index contributed by atoms with van der Waals surface area (Å²) in [5.41, 5.74) is 4.57. The predicted molar refractivity (Wildman–Crippen MR) is 139 cm³/mol. The lowest BCUT2D eigenvalue weighted by atomic mass is 9.91. The minimum absolute atomic E-state index is 0.0395. The van der Waals surface area contributed by atoms with Crippen LogP contribution in [0.3, 0.4) is 0 Å². The van der Waals surface area contributed by atoms with E-state index in [0.717, 1.165) is 56.4 Å². The number of nitrogens with zero attached hydrogens (tertiary/aromatic N) is 4. The molecule has 0 aliphatic carbocycles. The number of hydrogen-bond acceptors (Lipinski definition) is 5. The van der Waals surface area contributed by atoms with Gasteiger partial charge in [0.1, 0.15) is 18.3 Å². The van der Waals surface area contributed by atoms with E-state index in [1.54, 1.807) is 17.5 Å². The molecule has 0 spiro atoms. The molecule has 0 saturated carbocycles. The lowest BCUT2D eigenvalue weighted by Crippen LogP contribution is -2.35. The van der Waals surface area contributed by atoms with Crippen LogP contribution in [0.25, 0.3) is 10.9 Å². The summed E-state index contributed by atoms with van der Waals surface area (Å²) in [5.74, 6) is 1.28. The number of piperidine rings is 1.